The number of hydrogen-bond acceptors (Lipinski definition) is 2. The van der Waals surface area contributed by atoms with Crippen LogP contribution in [0.3, 0.4) is 0 Å². The highest BCUT2D eigenvalue weighted by atomic mass is 15.3. The zero-order valence-electron chi connectivity index (χ0n) is 15.5. The molecule has 2 aromatic carbocycles. The Balaban J connectivity index is 1.69. The predicted molar refractivity (Wildman–Crippen MR) is 105 cm³/mol. The minimum atomic E-state index is 0.392. The lowest BCUT2D eigenvalue weighted by molar-refractivity contribution is 0.127. The van der Waals surface area contributed by atoms with Gasteiger partial charge in [0.15, 0.2) is 0 Å². The van der Waals surface area contributed by atoms with Gasteiger partial charge in [0.25, 0.3) is 0 Å². The zero-order valence-corrected chi connectivity index (χ0v) is 15.5. The van der Waals surface area contributed by atoms with Crippen LogP contribution in [0.2, 0.25) is 0 Å². The van der Waals surface area contributed by atoms with E-state index in [2.05, 4.69) is 65.4 Å². The van der Waals surface area contributed by atoms with E-state index in [4.69, 9.17) is 0 Å². The Morgan fingerprint density at radius 2 is 1.44 bits per heavy atom. The van der Waals surface area contributed by atoms with Crippen molar-refractivity contribution in [1.82, 2.24) is 9.80 Å². The van der Waals surface area contributed by atoms with Crippen LogP contribution in [0, 0.1) is 0 Å². The fraction of sp³-hybridized carbons (Fsp3) is 0.478. The smallest absolute Gasteiger partial charge is 0.0602 e. The summed E-state index contributed by atoms with van der Waals surface area (Å²) in [7, 11) is 2.23. The summed E-state index contributed by atoms with van der Waals surface area (Å²) < 4.78 is 0. The third-order valence-electron chi connectivity index (χ3n) is 5.96. The number of aryl methyl sites for hydroxylation is 2. The lowest BCUT2D eigenvalue weighted by atomic mass is 9.92. The Kier molecular flexibility index (Phi) is 5.19. The summed E-state index contributed by atoms with van der Waals surface area (Å²) in [5, 5.41) is 0. The summed E-state index contributed by atoms with van der Waals surface area (Å²) in [4.78, 5) is 5.11. The van der Waals surface area contributed by atoms with E-state index < -0.39 is 0 Å². The van der Waals surface area contributed by atoms with Crippen molar-refractivity contribution in [2.24, 2.45) is 0 Å². The second-order valence-electron chi connectivity index (χ2n) is 7.74. The van der Waals surface area contributed by atoms with Gasteiger partial charge in [-0.15, -0.1) is 0 Å². The molecule has 0 aromatic heterocycles. The first-order valence-corrected chi connectivity index (χ1v) is 9.90. The standard InChI is InChI=1S/C23H30N2/c1-24-14-16-25(17-15-24)23(20-9-5-3-6-10-20)22-13-12-19-8-4-2-7-11-21(19)18-22/h3,5-6,9-10,12-13,18,23H,2,4,7-8,11,14-17H2,1H3. The van der Waals surface area contributed by atoms with Gasteiger partial charge in [-0.3, -0.25) is 4.90 Å². The zero-order chi connectivity index (χ0) is 17.1. The van der Waals surface area contributed by atoms with Gasteiger partial charge in [-0.25, -0.2) is 0 Å². The summed E-state index contributed by atoms with van der Waals surface area (Å²) in [6, 6.07) is 18.8. The second kappa shape index (κ2) is 7.72. The molecule has 0 amide bonds. The van der Waals surface area contributed by atoms with Crippen molar-refractivity contribution in [3.63, 3.8) is 0 Å². The van der Waals surface area contributed by atoms with E-state index in [-0.39, 0.29) is 0 Å². The molecule has 2 heteroatoms. The topological polar surface area (TPSA) is 6.48 Å². The Hall–Kier alpha value is -1.64. The highest BCUT2D eigenvalue weighted by Crippen LogP contribution is 2.32. The molecule has 0 N–H and O–H groups in total. The summed E-state index contributed by atoms with van der Waals surface area (Å²) >= 11 is 0. The largest absolute Gasteiger partial charge is 0.304 e. The molecule has 0 spiro atoms. The molecule has 25 heavy (non-hydrogen) atoms. The van der Waals surface area contributed by atoms with Gasteiger partial charge >= 0.3 is 0 Å². The van der Waals surface area contributed by atoms with Gasteiger partial charge in [0.1, 0.15) is 0 Å². The Morgan fingerprint density at radius 3 is 2.20 bits per heavy atom. The first-order valence-electron chi connectivity index (χ1n) is 9.90. The maximum absolute atomic E-state index is 2.67. The molecular formula is C23H30N2. The predicted octanol–water partition coefficient (Wildman–Crippen LogP) is 4.29. The lowest BCUT2D eigenvalue weighted by Crippen LogP contribution is -2.46. The van der Waals surface area contributed by atoms with Gasteiger partial charge in [0.05, 0.1) is 6.04 Å². The number of nitrogens with zero attached hydrogens (tertiary/aromatic N) is 2. The monoisotopic (exact) mass is 334 g/mol. The van der Waals surface area contributed by atoms with Crippen molar-refractivity contribution < 1.29 is 0 Å². The van der Waals surface area contributed by atoms with Crippen molar-refractivity contribution in [1.29, 1.82) is 0 Å². The number of fused-ring (bicyclic) bond motifs is 1. The average molecular weight is 335 g/mol. The van der Waals surface area contributed by atoms with E-state index in [1.165, 1.54) is 43.2 Å². The Labute approximate surface area is 152 Å². The molecule has 1 heterocycles. The maximum Gasteiger partial charge on any atom is 0.0602 e. The molecule has 1 atom stereocenters. The third kappa shape index (κ3) is 3.80. The van der Waals surface area contributed by atoms with Crippen LogP contribution in [-0.2, 0) is 12.8 Å². The number of rotatable bonds is 3. The number of likely N-dealkylation sites (N-methyl/N-ethyl adjacent to an activating group) is 1. The SMILES string of the molecule is CN1CCN(C(c2ccccc2)c2ccc3c(c2)CCCCC3)CC1. The summed E-state index contributed by atoms with van der Waals surface area (Å²) in [5.41, 5.74) is 6.11. The molecule has 0 radical (unpaired) electrons. The highest BCUT2D eigenvalue weighted by molar-refractivity contribution is 5.39. The van der Waals surface area contributed by atoms with Crippen molar-refractivity contribution in [3.05, 3.63) is 70.8 Å². The Bertz CT molecular complexity index is 686. The third-order valence-corrected chi connectivity index (χ3v) is 5.96. The lowest BCUT2D eigenvalue weighted by Gasteiger charge is -2.38. The van der Waals surface area contributed by atoms with E-state index in [1.54, 1.807) is 11.1 Å². The number of hydrogen-bond donors (Lipinski definition) is 0. The summed E-state index contributed by atoms with van der Waals surface area (Å²) in [6.45, 7) is 4.61. The van der Waals surface area contributed by atoms with E-state index in [0.717, 1.165) is 26.2 Å². The van der Waals surface area contributed by atoms with Crippen molar-refractivity contribution in [3.8, 4) is 0 Å². The molecule has 0 bridgehead atoms. The van der Waals surface area contributed by atoms with Crippen LogP contribution >= 0.6 is 0 Å². The van der Waals surface area contributed by atoms with Crippen molar-refractivity contribution >= 4 is 0 Å². The van der Waals surface area contributed by atoms with Crippen LogP contribution in [0.15, 0.2) is 48.5 Å². The minimum Gasteiger partial charge on any atom is -0.304 e. The van der Waals surface area contributed by atoms with Crippen molar-refractivity contribution in [2.45, 2.75) is 38.1 Å². The van der Waals surface area contributed by atoms with Gasteiger partial charge in [-0.05, 0) is 55.0 Å². The van der Waals surface area contributed by atoms with Gasteiger partial charge in [0, 0.05) is 26.2 Å². The average Bonchev–Trinajstić information content (AvgIpc) is 2.89. The maximum atomic E-state index is 2.67. The van der Waals surface area contributed by atoms with Crippen LogP contribution in [-0.4, -0.2) is 43.0 Å². The molecular weight excluding hydrogens is 304 g/mol. The van der Waals surface area contributed by atoms with Gasteiger partial charge < -0.3 is 4.90 Å². The van der Waals surface area contributed by atoms with E-state index >= 15 is 0 Å². The molecule has 1 fully saturated rings. The molecule has 4 rings (SSSR count). The molecule has 0 saturated carbocycles. The molecule has 2 nitrogen and oxygen atoms in total. The van der Waals surface area contributed by atoms with Crippen LogP contribution in [0.4, 0.5) is 0 Å². The molecule has 1 aliphatic heterocycles. The van der Waals surface area contributed by atoms with Crippen molar-refractivity contribution in [2.75, 3.05) is 33.2 Å². The van der Waals surface area contributed by atoms with E-state index in [9.17, 15) is 0 Å². The first-order chi connectivity index (χ1) is 12.3. The summed E-state index contributed by atoms with van der Waals surface area (Å²) in [5.74, 6) is 0. The fourth-order valence-corrected chi connectivity index (χ4v) is 4.43. The van der Waals surface area contributed by atoms with Crippen LogP contribution in [0.25, 0.3) is 0 Å². The Morgan fingerprint density at radius 1 is 0.720 bits per heavy atom. The molecule has 2 aromatic rings. The van der Waals surface area contributed by atoms with E-state index in [0.29, 0.717) is 6.04 Å². The first kappa shape index (κ1) is 16.8. The van der Waals surface area contributed by atoms with Crippen LogP contribution < -0.4 is 0 Å². The molecule has 132 valence electrons. The highest BCUT2D eigenvalue weighted by Gasteiger charge is 2.26. The molecule has 1 aliphatic carbocycles. The number of benzene rings is 2. The summed E-state index contributed by atoms with van der Waals surface area (Å²) in [6.07, 6.45) is 6.60. The normalized spacial score (nSPS) is 20.7. The van der Waals surface area contributed by atoms with Crippen LogP contribution in [0.5, 0.6) is 0 Å². The van der Waals surface area contributed by atoms with E-state index in [1.807, 2.05) is 0 Å². The fourth-order valence-electron chi connectivity index (χ4n) is 4.43. The quantitative estimate of drug-likeness (QED) is 0.773. The number of piperazine rings is 1. The molecule has 1 saturated heterocycles. The van der Waals surface area contributed by atoms with Gasteiger partial charge in [-0.2, -0.15) is 0 Å². The second-order valence-corrected chi connectivity index (χ2v) is 7.74. The van der Waals surface area contributed by atoms with Crippen LogP contribution in [0.1, 0.15) is 47.6 Å². The van der Waals surface area contributed by atoms with Gasteiger partial charge in [-0.1, -0.05) is 55.0 Å². The van der Waals surface area contributed by atoms with Gasteiger partial charge in [0.2, 0.25) is 0 Å². The molecule has 1 unspecified atom stereocenters. The molecule has 2 aliphatic rings. The minimum absolute atomic E-state index is 0.392.